The maximum absolute atomic E-state index is 12.1. The van der Waals surface area contributed by atoms with Gasteiger partial charge in [0.1, 0.15) is 0 Å². The lowest BCUT2D eigenvalue weighted by atomic mass is 10.1. The fourth-order valence-electron chi connectivity index (χ4n) is 2.26. The van der Waals surface area contributed by atoms with E-state index < -0.39 is 0 Å². The average Bonchev–Trinajstić information content (AvgIpc) is 3.09. The molecule has 3 heterocycles. The molecular weight excluding hydrogens is 234 g/mol. The van der Waals surface area contributed by atoms with Crippen LogP contribution >= 0.6 is 11.3 Å². The standard InChI is InChI=1S/C12H13N3OS/c16-12(10-3-6-17-8-10)15-5-2-9(7-15)11-1-4-13-14-11/h1,3-4,6,8-9H,2,5,7H2,(H,13,14)/t9-/m0/s1. The maximum atomic E-state index is 12.1. The SMILES string of the molecule is O=C(c1ccsc1)N1CC[C@H](c2ccn[nH]2)C1. The summed E-state index contributed by atoms with van der Waals surface area (Å²) in [5.41, 5.74) is 1.94. The molecule has 1 fully saturated rings. The molecule has 2 aromatic heterocycles. The van der Waals surface area contributed by atoms with Gasteiger partial charge in [-0.05, 0) is 23.9 Å². The first-order valence-electron chi connectivity index (χ1n) is 5.65. The molecule has 3 rings (SSSR count). The first kappa shape index (κ1) is 10.5. The number of hydrogen-bond donors (Lipinski definition) is 1. The Bertz CT molecular complexity index is 492. The molecule has 88 valence electrons. The van der Waals surface area contributed by atoms with E-state index in [1.54, 1.807) is 17.5 Å². The zero-order chi connectivity index (χ0) is 11.7. The molecule has 0 radical (unpaired) electrons. The number of carbonyl (C=O) groups is 1. The molecule has 0 saturated carbocycles. The minimum absolute atomic E-state index is 0.147. The number of rotatable bonds is 2. The van der Waals surface area contributed by atoms with Gasteiger partial charge in [0.05, 0.1) is 5.56 Å². The molecule has 0 aromatic carbocycles. The highest BCUT2D eigenvalue weighted by molar-refractivity contribution is 7.08. The van der Waals surface area contributed by atoms with E-state index >= 15 is 0 Å². The molecule has 0 aliphatic carbocycles. The van der Waals surface area contributed by atoms with Crippen LogP contribution in [0.3, 0.4) is 0 Å². The van der Waals surface area contributed by atoms with Crippen molar-refractivity contribution >= 4 is 17.2 Å². The van der Waals surface area contributed by atoms with Crippen molar-refractivity contribution in [3.05, 3.63) is 40.3 Å². The van der Waals surface area contributed by atoms with Crippen molar-refractivity contribution in [2.45, 2.75) is 12.3 Å². The first-order valence-corrected chi connectivity index (χ1v) is 6.59. The molecule has 0 spiro atoms. The topological polar surface area (TPSA) is 49.0 Å². The number of nitrogens with one attached hydrogen (secondary N) is 1. The van der Waals surface area contributed by atoms with Crippen molar-refractivity contribution in [3.63, 3.8) is 0 Å². The Morgan fingerprint density at radius 1 is 1.53 bits per heavy atom. The molecule has 4 nitrogen and oxygen atoms in total. The summed E-state index contributed by atoms with van der Waals surface area (Å²) in [4.78, 5) is 14.1. The second kappa shape index (κ2) is 4.33. The molecule has 5 heteroatoms. The fourth-order valence-corrected chi connectivity index (χ4v) is 2.89. The van der Waals surface area contributed by atoms with Crippen LogP contribution in [0.4, 0.5) is 0 Å². The van der Waals surface area contributed by atoms with Crippen LogP contribution in [-0.4, -0.2) is 34.1 Å². The van der Waals surface area contributed by atoms with Gasteiger partial charge >= 0.3 is 0 Å². The second-order valence-corrected chi connectivity index (χ2v) is 5.04. The lowest BCUT2D eigenvalue weighted by Gasteiger charge is -2.15. The number of hydrogen-bond acceptors (Lipinski definition) is 3. The summed E-state index contributed by atoms with van der Waals surface area (Å²) in [7, 11) is 0. The van der Waals surface area contributed by atoms with Crippen LogP contribution in [0.1, 0.15) is 28.4 Å². The van der Waals surface area contributed by atoms with Crippen molar-refractivity contribution in [2.24, 2.45) is 0 Å². The van der Waals surface area contributed by atoms with E-state index in [4.69, 9.17) is 0 Å². The monoisotopic (exact) mass is 247 g/mol. The van der Waals surface area contributed by atoms with E-state index in [9.17, 15) is 4.79 Å². The molecule has 2 aromatic rings. The quantitative estimate of drug-likeness (QED) is 0.883. The van der Waals surface area contributed by atoms with E-state index in [2.05, 4.69) is 10.2 Å². The molecule has 1 saturated heterocycles. The van der Waals surface area contributed by atoms with Crippen molar-refractivity contribution < 1.29 is 4.79 Å². The molecule has 1 atom stereocenters. The van der Waals surface area contributed by atoms with Gasteiger partial charge < -0.3 is 4.90 Å². The Morgan fingerprint density at radius 3 is 3.18 bits per heavy atom. The van der Waals surface area contributed by atoms with Crippen molar-refractivity contribution in [3.8, 4) is 0 Å². The van der Waals surface area contributed by atoms with Gasteiger partial charge in [0.25, 0.3) is 5.91 Å². The number of nitrogens with zero attached hydrogens (tertiary/aromatic N) is 2. The van der Waals surface area contributed by atoms with Gasteiger partial charge in [-0.2, -0.15) is 16.4 Å². The van der Waals surface area contributed by atoms with Crippen LogP contribution in [0, 0.1) is 0 Å². The number of aromatic amines is 1. The number of H-pyrrole nitrogens is 1. The van der Waals surface area contributed by atoms with Crippen molar-refractivity contribution in [1.29, 1.82) is 0 Å². The molecule has 1 aliphatic heterocycles. The van der Waals surface area contributed by atoms with Gasteiger partial charge in [-0.3, -0.25) is 9.89 Å². The van der Waals surface area contributed by atoms with Crippen LogP contribution < -0.4 is 0 Å². The summed E-state index contributed by atoms with van der Waals surface area (Å²) in [6.45, 7) is 1.62. The fraction of sp³-hybridized carbons (Fsp3) is 0.333. The van der Waals surface area contributed by atoms with E-state index in [-0.39, 0.29) is 5.91 Å². The first-order chi connectivity index (χ1) is 8.34. The number of carbonyl (C=O) groups excluding carboxylic acids is 1. The van der Waals surface area contributed by atoms with Gasteiger partial charge in [-0.25, -0.2) is 0 Å². The predicted molar refractivity (Wildman–Crippen MR) is 66.2 cm³/mol. The number of likely N-dealkylation sites (tertiary alicyclic amines) is 1. The lowest BCUT2D eigenvalue weighted by molar-refractivity contribution is 0.0791. The molecule has 1 aliphatic rings. The highest BCUT2D eigenvalue weighted by Gasteiger charge is 2.28. The van der Waals surface area contributed by atoms with E-state index in [0.717, 1.165) is 30.8 Å². The van der Waals surface area contributed by atoms with Crippen molar-refractivity contribution in [2.75, 3.05) is 13.1 Å². The summed E-state index contributed by atoms with van der Waals surface area (Å²) in [5.74, 6) is 0.549. The van der Waals surface area contributed by atoms with Crippen LogP contribution in [-0.2, 0) is 0 Å². The molecule has 1 N–H and O–H groups in total. The van der Waals surface area contributed by atoms with E-state index in [0.29, 0.717) is 5.92 Å². The average molecular weight is 247 g/mol. The third kappa shape index (κ3) is 1.98. The zero-order valence-corrected chi connectivity index (χ0v) is 10.1. The molecular formula is C12H13N3OS. The van der Waals surface area contributed by atoms with Crippen LogP contribution in [0.25, 0.3) is 0 Å². The third-order valence-corrected chi connectivity index (χ3v) is 3.89. The Morgan fingerprint density at radius 2 is 2.47 bits per heavy atom. The van der Waals surface area contributed by atoms with Gasteiger partial charge in [0.2, 0.25) is 0 Å². The predicted octanol–water partition coefficient (Wildman–Crippen LogP) is 2.10. The second-order valence-electron chi connectivity index (χ2n) is 4.26. The molecule has 1 amide bonds. The summed E-state index contributed by atoms with van der Waals surface area (Å²) in [6, 6.07) is 3.87. The summed E-state index contributed by atoms with van der Waals surface area (Å²) in [6.07, 6.45) is 2.77. The Labute approximate surface area is 103 Å². The Balaban J connectivity index is 1.70. The van der Waals surface area contributed by atoms with Gasteiger partial charge in [-0.1, -0.05) is 0 Å². The van der Waals surface area contributed by atoms with Crippen LogP contribution in [0.15, 0.2) is 29.1 Å². The van der Waals surface area contributed by atoms with Crippen LogP contribution in [0.5, 0.6) is 0 Å². The van der Waals surface area contributed by atoms with E-state index in [1.807, 2.05) is 27.8 Å². The maximum Gasteiger partial charge on any atom is 0.254 e. The largest absolute Gasteiger partial charge is 0.338 e. The molecule has 0 unspecified atom stereocenters. The van der Waals surface area contributed by atoms with Gasteiger partial charge in [0, 0.05) is 36.3 Å². The lowest BCUT2D eigenvalue weighted by Crippen LogP contribution is -2.28. The number of aromatic nitrogens is 2. The normalized spacial score (nSPS) is 19.8. The highest BCUT2D eigenvalue weighted by Crippen LogP contribution is 2.26. The smallest absolute Gasteiger partial charge is 0.254 e. The zero-order valence-electron chi connectivity index (χ0n) is 9.30. The molecule has 0 bridgehead atoms. The Hall–Kier alpha value is -1.62. The van der Waals surface area contributed by atoms with Gasteiger partial charge in [-0.15, -0.1) is 0 Å². The van der Waals surface area contributed by atoms with E-state index in [1.165, 1.54) is 0 Å². The van der Waals surface area contributed by atoms with Crippen LogP contribution in [0.2, 0.25) is 0 Å². The minimum Gasteiger partial charge on any atom is -0.338 e. The van der Waals surface area contributed by atoms with Crippen molar-refractivity contribution in [1.82, 2.24) is 15.1 Å². The summed E-state index contributed by atoms with van der Waals surface area (Å²) < 4.78 is 0. The molecule has 17 heavy (non-hydrogen) atoms. The highest BCUT2D eigenvalue weighted by atomic mass is 32.1. The van der Waals surface area contributed by atoms with Gasteiger partial charge in [0.15, 0.2) is 0 Å². The summed E-state index contributed by atoms with van der Waals surface area (Å²) >= 11 is 1.56. The number of thiophene rings is 1. The summed E-state index contributed by atoms with van der Waals surface area (Å²) in [5, 5.41) is 10.8. The third-order valence-electron chi connectivity index (χ3n) is 3.21. The minimum atomic E-state index is 0.147. The number of amides is 1. The Kier molecular flexibility index (Phi) is 2.68.